The van der Waals surface area contributed by atoms with Crippen LogP contribution in [0.3, 0.4) is 0 Å². The highest BCUT2D eigenvalue weighted by molar-refractivity contribution is 4.81. The molecule has 29 heavy (non-hydrogen) atoms. The summed E-state index contributed by atoms with van der Waals surface area (Å²) in [5, 5.41) is 40.2. The molecule has 0 rings (SSSR count). The minimum atomic E-state index is -1.26. The number of rotatable bonds is 22. The zero-order valence-electron chi connectivity index (χ0n) is 19.3. The van der Waals surface area contributed by atoms with Crippen LogP contribution in [0, 0.1) is 0 Å². The molecule has 176 valence electrons. The topological polar surface area (TPSA) is 90.2 Å². The van der Waals surface area contributed by atoms with Crippen LogP contribution >= 0.6 is 0 Å². The molecule has 0 aliphatic heterocycles. The monoisotopic (exact) mass is 418 g/mol. The second-order valence-electron chi connectivity index (χ2n) is 9.00. The third-order valence-corrected chi connectivity index (χ3v) is 5.82. The largest absolute Gasteiger partial charge is 0.393 e. The molecule has 0 aromatic carbocycles. The van der Waals surface area contributed by atoms with E-state index in [-0.39, 0.29) is 26.4 Å². The van der Waals surface area contributed by atoms with E-state index in [0.717, 1.165) is 38.5 Å². The fourth-order valence-electron chi connectivity index (χ4n) is 3.65. The maximum absolute atomic E-state index is 10.5. The predicted octanol–water partition coefficient (Wildman–Crippen LogP) is 4.73. The molecule has 2 unspecified atom stereocenters. The Morgan fingerprint density at radius 3 is 1.14 bits per heavy atom. The fourth-order valence-corrected chi connectivity index (χ4v) is 3.65. The fraction of sp³-hybridized carbons (Fsp3) is 1.00. The number of ether oxygens (including phenoxy) is 1. The van der Waals surface area contributed by atoms with Crippen LogP contribution in [-0.2, 0) is 4.74 Å². The molecule has 0 aromatic heterocycles. The summed E-state index contributed by atoms with van der Waals surface area (Å²) in [6.45, 7) is 3.68. The van der Waals surface area contributed by atoms with E-state index < -0.39 is 11.2 Å². The van der Waals surface area contributed by atoms with Crippen LogP contribution < -0.4 is 0 Å². The van der Waals surface area contributed by atoms with Gasteiger partial charge in [-0.15, -0.1) is 0 Å². The van der Waals surface area contributed by atoms with Gasteiger partial charge in [0.05, 0.1) is 26.4 Å². The van der Waals surface area contributed by atoms with Gasteiger partial charge in [-0.05, 0) is 12.8 Å². The molecule has 0 saturated heterocycles. The van der Waals surface area contributed by atoms with E-state index in [9.17, 15) is 20.4 Å². The zero-order chi connectivity index (χ0) is 21.8. The van der Waals surface area contributed by atoms with Crippen molar-refractivity contribution in [3.63, 3.8) is 0 Å². The van der Waals surface area contributed by atoms with Gasteiger partial charge in [0.25, 0.3) is 0 Å². The Morgan fingerprint density at radius 1 is 0.517 bits per heavy atom. The van der Waals surface area contributed by atoms with Crippen molar-refractivity contribution in [2.75, 3.05) is 26.4 Å². The van der Waals surface area contributed by atoms with Crippen LogP contribution in [0.2, 0.25) is 0 Å². The first-order valence-electron chi connectivity index (χ1n) is 12.2. The Kier molecular flexibility index (Phi) is 18.4. The van der Waals surface area contributed by atoms with Crippen molar-refractivity contribution in [2.45, 2.75) is 128 Å². The van der Waals surface area contributed by atoms with Crippen molar-refractivity contribution in [3.05, 3.63) is 0 Å². The van der Waals surface area contributed by atoms with Crippen molar-refractivity contribution in [2.24, 2.45) is 0 Å². The van der Waals surface area contributed by atoms with Crippen LogP contribution in [0.4, 0.5) is 0 Å². The molecule has 0 radical (unpaired) electrons. The van der Waals surface area contributed by atoms with E-state index in [1.165, 1.54) is 51.4 Å². The van der Waals surface area contributed by atoms with Crippen LogP contribution in [0.25, 0.3) is 0 Å². The van der Waals surface area contributed by atoms with Crippen LogP contribution in [-0.4, -0.2) is 58.1 Å². The normalized spacial score (nSPS) is 15.9. The second-order valence-corrected chi connectivity index (χ2v) is 9.00. The molecule has 0 spiro atoms. The quantitative estimate of drug-likeness (QED) is 0.191. The third kappa shape index (κ3) is 16.2. The molecule has 0 aromatic rings. The van der Waals surface area contributed by atoms with E-state index in [1.54, 1.807) is 0 Å². The van der Waals surface area contributed by atoms with E-state index in [2.05, 4.69) is 13.8 Å². The van der Waals surface area contributed by atoms with Crippen molar-refractivity contribution < 1.29 is 25.2 Å². The third-order valence-electron chi connectivity index (χ3n) is 5.82. The molecule has 2 atom stereocenters. The molecule has 4 N–H and O–H groups in total. The Bertz CT molecular complexity index is 320. The van der Waals surface area contributed by atoms with Gasteiger partial charge in [0, 0.05) is 0 Å². The van der Waals surface area contributed by atoms with Gasteiger partial charge in [-0.25, -0.2) is 0 Å². The molecular weight excluding hydrogens is 368 g/mol. The molecule has 0 saturated carbocycles. The molecular formula is C24H50O5. The summed E-state index contributed by atoms with van der Waals surface area (Å²) in [6.07, 6.45) is 17.1. The van der Waals surface area contributed by atoms with E-state index in [4.69, 9.17) is 4.74 Å². The minimum absolute atomic E-state index is 0.0152. The summed E-state index contributed by atoms with van der Waals surface area (Å²) < 4.78 is 5.55. The standard InChI is InChI=1S/C24H50O5/c1-3-5-7-9-11-13-15-17-23(27,19-25)21-29-22-24(28,20-26)18-16-14-12-10-8-6-4-2/h25-28H,3-22H2,1-2H3. The van der Waals surface area contributed by atoms with Crippen LogP contribution in [0.15, 0.2) is 0 Å². The highest BCUT2D eigenvalue weighted by atomic mass is 16.5. The Hall–Kier alpha value is -0.200. The van der Waals surface area contributed by atoms with Crippen molar-refractivity contribution >= 4 is 0 Å². The van der Waals surface area contributed by atoms with Gasteiger partial charge in [0.2, 0.25) is 0 Å². The van der Waals surface area contributed by atoms with Gasteiger partial charge in [-0.1, -0.05) is 104 Å². The molecule has 0 fully saturated rings. The number of unbranched alkanes of at least 4 members (excludes halogenated alkanes) is 12. The summed E-state index contributed by atoms with van der Waals surface area (Å²) in [4.78, 5) is 0. The first-order valence-corrected chi connectivity index (χ1v) is 12.2. The highest BCUT2D eigenvalue weighted by Crippen LogP contribution is 2.20. The van der Waals surface area contributed by atoms with Gasteiger partial charge in [0.15, 0.2) is 0 Å². The lowest BCUT2D eigenvalue weighted by Crippen LogP contribution is -2.43. The van der Waals surface area contributed by atoms with E-state index in [0.29, 0.717) is 12.8 Å². The van der Waals surface area contributed by atoms with Gasteiger partial charge in [-0.3, -0.25) is 0 Å². The Morgan fingerprint density at radius 2 is 0.828 bits per heavy atom. The van der Waals surface area contributed by atoms with Crippen LogP contribution in [0.1, 0.15) is 117 Å². The molecule has 5 nitrogen and oxygen atoms in total. The lowest BCUT2D eigenvalue weighted by atomic mass is 9.96. The SMILES string of the molecule is CCCCCCCCCC(O)(CO)COCC(O)(CO)CCCCCCCCC. The molecule has 0 aliphatic rings. The molecule has 5 heteroatoms. The predicted molar refractivity (Wildman–Crippen MR) is 120 cm³/mol. The Balaban J connectivity index is 4.00. The molecule has 0 aliphatic carbocycles. The van der Waals surface area contributed by atoms with Gasteiger partial charge >= 0.3 is 0 Å². The molecule has 0 bridgehead atoms. The smallest absolute Gasteiger partial charge is 0.111 e. The minimum Gasteiger partial charge on any atom is -0.393 e. The highest BCUT2D eigenvalue weighted by Gasteiger charge is 2.30. The van der Waals surface area contributed by atoms with Crippen molar-refractivity contribution in [1.82, 2.24) is 0 Å². The lowest BCUT2D eigenvalue weighted by molar-refractivity contribution is -0.129. The molecule has 0 amide bonds. The first kappa shape index (κ1) is 28.8. The summed E-state index contributed by atoms with van der Waals surface area (Å²) in [5.41, 5.74) is -2.53. The van der Waals surface area contributed by atoms with Crippen LogP contribution in [0.5, 0.6) is 0 Å². The van der Waals surface area contributed by atoms with Gasteiger partial charge < -0.3 is 25.2 Å². The number of aliphatic hydroxyl groups is 4. The number of aliphatic hydroxyl groups excluding tert-OH is 2. The second kappa shape index (κ2) is 18.6. The van der Waals surface area contributed by atoms with Gasteiger partial charge in [-0.2, -0.15) is 0 Å². The van der Waals surface area contributed by atoms with Crippen molar-refractivity contribution in [3.8, 4) is 0 Å². The zero-order valence-corrected chi connectivity index (χ0v) is 19.3. The Labute approximate surface area is 179 Å². The summed E-state index contributed by atoms with van der Waals surface area (Å²) in [5.74, 6) is 0. The first-order chi connectivity index (χ1) is 13.9. The summed E-state index contributed by atoms with van der Waals surface area (Å²) in [6, 6.07) is 0. The molecule has 0 heterocycles. The summed E-state index contributed by atoms with van der Waals surface area (Å²) in [7, 11) is 0. The lowest BCUT2D eigenvalue weighted by Gasteiger charge is -2.30. The average molecular weight is 419 g/mol. The number of hydrogen-bond donors (Lipinski definition) is 4. The van der Waals surface area contributed by atoms with Gasteiger partial charge in [0.1, 0.15) is 11.2 Å². The van der Waals surface area contributed by atoms with E-state index >= 15 is 0 Å². The number of hydrogen-bond acceptors (Lipinski definition) is 5. The maximum Gasteiger partial charge on any atom is 0.111 e. The average Bonchev–Trinajstić information content (AvgIpc) is 2.72. The van der Waals surface area contributed by atoms with E-state index in [1.807, 2.05) is 0 Å². The van der Waals surface area contributed by atoms with Crippen molar-refractivity contribution in [1.29, 1.82) is 0 Å². The maximum atomic E-state index is 10.5. The summed E-state index contributed by atoms with van der Waals surface area (Å²) >= 11 is 0.